The van der Waals surface area contributed by atoms with Gasteiger partial charge in [0.2, 0.25) is 0 Å². The van der Waals surface area contributed by atoms with E-state index in [1.807, 2.05) is 33.8 Å². The van der Waals surface area contributed by atoms with Crippen molar-refractivity contribution in [2.24, 2.45) is 27.1 Å². The van der Waals surface area contributed by atoms with Gasteiger partial charge in [0.25, 0.3) is 0 Å². The average molecular weight is 936 g/mol. The summed E-state index contributed by atoms with van der Waals surface area (Å²) in [5.41, 5.74) is 0.0658. The Morgan fingerprint density at radius 3 is 1.48 bits per heavy atom. The number of hydrogen-bond acceptors (Lipinski definition) is 9. The van der Waals surface area contributed by atoms with Crippen molar-refractivity contribution in [1.82, 2.24) is 5.32 Å². The Balaban J connectivity index is -0.00000963. The Bertz CT molecular complexity index is 1250. The van der Waals surface area contributed by atoms with E-state index in [1.54, 1.807) is 14.2 Å². The fourth-order valence-electron chi connectivity index (χ4n) is 9.21. The highest BCUT2D eigenvalue weighted by molar-refractivity contribution is 5.71. The molecule has 0 aromatic heterocycles. The summed E-state index contributed by atoms with van der Waals surface area (Å²) in [6, 6.07) is 0. The molecule has 9 nitrogen and oxygen atoms in total. The highest BCUT2D eigenvalue weighted by atomic mass is 16.5. The van der Waals surface area contributed by atoms with Crippen LogP contribution in [-0.4, -0.2) is 79.1 Å². The fraction of sp³-hybridized carbons (Fsp3) is 0.842. The molecule has 1 atom stereocenters. The highest BCUT2D eigenvalue weighted by Crippen LogP contribution is 2.37. The van der Waals surface area contributed by atoms with Crippen LogP contribution in [0.1, 0.15) is 224 Å². The molecule has 0 saturated heterocycles. The SMILES string of the molecule is C=C(C/C=C\CCCCCCCCC(CCCCCCCC/C=C\CC(=O)OCC(C)(C)CC(C)(C)COC)OC(=O)CC(C)(C)CC(C)(C)CNC)OCCC(C)(C)COC.C=O.CC. The standard InChI is InChI=1S/C54H101NO7.C2H6.CH2O/c1-46(60-38-37-50(2,3)43-58-13)33-29-25-21-17-15-18-22-26-30-34-47(62-49(57)39-51(4,5)40-52(6,7)42-55-12)35-31-27-23-19-16-20-24-28-32-36-48(56)61-45-54(10,11)41-53(8,9)44-59-14;2*1-2/h25,28-29,32,47,55H,1,15-24,26-27,30-31,33-45H2,2-14H3;1-2H3;1H2/b29-25-,32-28-;;. The van der Waals surface area contributed by atoms with Crippen molar-refractivity contribution in [1.29, 1.82) is 0 Å². The Morgan fingerprint density at radius 2 is 0.985 bits per heavy atom. The van der Waals surface area contributed by atoms with Crippen molar-refractivity contribution in [3.05, 3.63) is 36.6 Å². The zero-order valence-corrected chi connectivity index (χ0v) is 46.2. The minimum atomic E-state index is -0.158. The minimum absolute atomic E-state index is 0.00901. The highest BCUT2D eigenvalue weighted by Gasteiger charge is 2.32. The van der Waals surface area contributed by atoms with E-state index in [4.69, 9.17) is 28.5 Å². The molecule has 0 aliphatic heterocycles. The maximum Gasteiger partial charge on any atom is 0.309 e. The Kier molecular flexibility index (Phi) is 41.5. The van der Waals surface area contributed by atoms with Crippen LogP contribution in [0.2, 0.25) is 0 Å². The van der Waals surface area contributed by atoms with Gasteiger partial charge in [-0.05, 0) is 111 Å². The number of methoxy groups -OCH3 is 2. The zero-order chi connectivity index (χ0) is 51.0. The molecule has 1 N–H and O–H groups in total. The van der Waals surface area contributed by atoms with Crippen LogP contribution in [0.25, 0.3) is 0 Å². The lowest BCUT2D eigenvalue weighted by Crippen LogP contribution is -2.33. The molecule has 0 aliphatic rings. The normalized spacial score (nSPS) is 12.9. The lowest BCUT2D eigenvalue weighted by Gasteiger charge is -2.34. The summed E-state index contributed by atoms with van der Waals surface area (Å²) in [7, 11) is 5.47. The van der Waals surface area contributed by atoms with Crippen LogP contribution in [0.5, 0.6) is 0 Å². The van der Waals surface area contributed by atoms with Crippen LogP contribution >= 0.6 is 0 Å². The third-order valence-corrected chi connectivity index (χ3v) is 11.5. The summed E-state index contributed by atoms with van der Waals surface area (Å²) in [4.78, 5) is 33.6. The quantitative estimate of drug-likeness (QED) is 0.0277. The van der Waals surface area contributed by atoms with Crippen LogP contribution in [0.4, 0.5) is 0 Å². The average Bonchev–Trinajstić information content (AvgIpc) is 3.21. The molecule has 1 unspecified atom stereocenters. The number of carbonyl (C=O) groups is 3. The van der Waals surface area contributed by atoms with Gasteiger partial charge >= 0.3 is 11.9 Å². The first-order chi connectivity index (χ1) is 31.1. The van der Waals surface area contributed by atoms with Gasteiger partial charge in [-0.25, -0.2) is 0 Å². The van der Waals surface area contributed by atoms with Crippen molar-refractivity contribution < 1.29 is 38.1 Å². The number of unbranched alkanes of at least 4 members (excludes halogenated alkanes) is 12. The lowest BCUT2D eigenvalue weighted by molar-refractivity contribution is -0.152. The number of carbonyl (C=O) groups excluding carboxylic acids is 3. The Labute approximate surface area is 409 Å². The smallest absolute Gasteiger partial charge is 0.309 e. The molecule has 0 spiro atoms. The van der Waals surface area contributed by atoms with Gasteiger partial charge in [-0.2, -0.15) is 0 Å². The molecule has 0 heterocycles. The summed E-state index contributed by atoms with van der Waals surface area (Å²) in [5, 5.41) is 3.31. The first kappa shape index (κ1) is 67.8. The first-order valence-electron chi connectivity index (χ1n) is 25.9. The monoisotopic (exact) mass is 936 g/mol. The van der Waals surface area contributed by atoms with Crippen LogP contribution in [0.15, 0.2) is 36.6 Å². The second-order valence-corrected chi connectivity index (χ2v) is 22.4. The Morgan fingerprint density at radius 1 is 0.545 bits per heavy atom. The second kappa shape index (κ2) is 40.4. The van der Waals surface area contributed by atoms with Crippen molar-refractivity contribution in [3.8, 4) is 0 Å². The van der Waals surface area contributed by atoms with Gasteiger partial charge < -0.3 is 33.8 Å². The zero-order valence-electron chi connectivity index (χ0n) is 46.2. The molecule has 0 aromatic rings. The molecule has 0 fully saturated rings. The van der Waals surface area contributed by atoms with Crippen LogP contribution < -0.4 is 5.32 Å². The number of allylic oxidation sites excluding steroid dienone is 3. The topological polar surface area (TPSA) is 109 Å². The van der Waals surface area contributed by atoms with Crippen molar-refractivity contribution in [3.63, 3.8) is 0 Å². The summed E-state index contributed by atoms with van der Waals surface area (Å²) < 4.78 is 28.3. The van der Waals surface area contributed by atoms with Crippen molar-refractivity contribution in [2.75, 3.05) is 54.2 Å². The molecule has 390 valence electrons. The van der Waals surface area contributed by atoms with Gasteiger partial charge in [-0.15, -0.1) is 0 Å². The van der Waals surface area contributed by atoms with E-state index in [0.717, 1.165) is 89.5 Å². The largest absolute Gasteiger partial charge is 0.498 e. The minimum Gasteiger partial charge on any atom is -0.498 e. The lowest BCUT2D eigenvalue weighted by atomic mass is 9.73. The van der Waals surface area contributed by atoms with Gasteiger partial charge in [0, 0.05) is 20.6 Å². The first-order valence-corrected chi connectivity index (χ1v) is 25.9. The predicted molar refractivity (Wildman–Crippen MR) is 281 cm³/mol. The van der Waals surface area contributed by atoms with Crippen LogP contribution in [0, 0.1) is 27.1 Å². The van der Waals surface area contributed by atoms with E-state index in [2.05, 4.69) is 99.4 Å². The molecule has 9 heteroatoms. The molecule has 66 heavy (non-hydrogen) atoms. The van der Waals surface area contributed by atoms with Crippen molar-refractivity contribution >= 4 is 18.7 Å². The summed E-state index contributed by atoms with van der Waals surface area (Å²) >= 11 is 0. The third kappa shape index (κ3) is 44.0. The number of ether oxygens (including phenoxy) is 5. The van der Waals surface area contributed by atoms with Gasteiger partial charge in [0.05, 0.1) is 45.0 Å². The van der Waals surface area contributed by atoms with Gasteiger partial charge in [0.1, 0.15) is 12.9 Å². The van der Waals surface area contributed by atoms with E-state index >= 15 is 0 Å². The van der Waals surface area contributed by atoms with E-state index in [0.29, 0.717) is 32.7 Å². The maximum atomic E-state index is 13.3. The summed E-state index contributed by atoms with van der Waals surface area (Å²) in [6.07, 6.45) is 31.2. The van der Waals surface area contributed by atoms with Gasteiger partial charge in [0.15, 0.2) is 0 Å². The summed E-state index contributed by atoms with van der Waals surface area (Å²) in [5.74, 6) is 0.634. The second-order valence-electron chi connectivity index (χ2n) is 22.4. The summed E-state index contributed by atoms with van der Waals surface area (Å²) in [6.45, 7) is 35.5. The fourth-order valence-corrected chi connectivity index (χ4v) is 9.21. The van der Waals surface area contributed by atoms with E-state index in [1.165, 1.54) is 57.8 Å². The number of nitrogens with one attached hydrogen (secondary N) is 1. The number of rotatable bonds is 41. The van der Waals surface area contributed by atoms with Crippen LogP contribution in [-0.2, 0) is 38.1 Å². The van der Waals surface area contributed by atoms with Crippen molar-refractivity contribution in [2.45, 2.75) is 230 Å². The maximum absolute atomic E-state index is 13.3. The molecule has 0 rings (SSSR count). The number of hydrogen-bond donors (Lipinski definition) is 1. The predicted octanol–water partition coefficient (Wildman–Crippen LogP) is 15.2. The molecule has 0 aromatic carbocycles. The van der Waals surface area contributed by atoms with Gasteiger partial charge in [-0.1, -0.05) is 165 Å². The molecule has 0 amide bonds. The molecule has 0 saturated carbocycles. The molecule has 0 aliphatic carbocycles. The van der Waals surface area contributed by atoms with E-state index in [9.17, 15) is 9.59 Å². The molecule has 0 bridgehead atoms. The van der Waals surface area contributed by atoms with E-state index < -0.39 is 0 Å². The molecule has 0 radical (unpaired) electrons. The Hall–Kier alpha value is -2.49. The third-order valence-electron chi connectivity index (χ3n) is 11.5. The molecular weight excluding hydrogens is 827 g/mol. The molecular formula is C57H109NO8. The van der Waals surface area contributed by atoms with Crippen LogP contribution in [0.3, 0.4) is 0 Å². The van der Waals surface area contributed by atoms with E-state index in [-0.39, 0.29) is 45.1 Å². The number of esters is 2. The van der Waals surface area contributed by atoms with Gasteiger partial charge in [-0.3, -0.25) is 9.59 Å².